The Labute approximate surface area is 218 Å². The van der Waals surface area contributed by atoms with Crippen molar-refractivity contribution < 1.29 is 9.18 Å². The topological polar surface area (TPSA) is 69.3 Å². The first-order valence-electron chi connectivity index (χ1n) is 12.0. The number of halogens is 2. The molecule has 0 aliphatic carbocycles. The lowest BCUT2D eigenvalue weighted by atomic mass is 10.0. The van der Waals surface area contributed by atoms with Gasteiger partial charge in [0.2, 0.25) is 0 Å². The number of carbonyl (C=O) groups is 1. The van der Waals surface area contributed by atoms with Gasteiger partial charge in [0.25, 0.3) is 11.5 Å². The summed E-state index contributed by atoms with van der Waals surface area (Å²) in [5, 5.41) is 11.5. The summed E-state index contributed by atoms with van der Waals surface area (Å²) < 4.78 is 15.0. The largest absolute Gasteiger partial charge is 0.366 e. The standard InChI is InChI=1S/C29H24ClFN4O2/c1-19-2-11-26-24(16-19)27(25(17-32)29(37)35(26)18-20-3-9-23(31)10-4-20)33-12-14-34(15-13-33)28(36)21-5-7-22(30)8-6-21/h2-11,16H,12-15,18H2,1H3. The van der Waals surface area contributed by atoms with Crippen molar-refractivity contribution in [2.24, 2.45) is 0 Å². The number of aromatic nitrogens is 1. The molecule has 0 saturated carbocycles. The minimum atomic E-state index is -0.391. The third-order valence-corrected chi connectivity index (χ3v) is 6.99. The zero-order chi connectivity index (χ0) is 26.1. The number of aryl methyl sites for hydroxylation is 1. The van der Waals surface area contributed by atoms with E-state index >= 15 is 0 Å². The minimum Gasteiger partial charge on any atom is -0.366 e. The number of nitriles is 1. The molecule has 5 rings (SSSR count). The molecule has 2 heterocycles. The third kappa shape index (κ3) is 4.81. The molecule has 8 heteroatoms. The fraction of sp³-hybridized carbons (Fsp3) is 0.207. The van der Waals surface area contributed by atoms with Crippen molar-refractivity contribution in [1.29, 1.82) is 5.26 Å². The van der Waals surface area contributed by atoms with E-state index in [1.54, 1.807) is 45.9 Å². The van der Waals surface area contributed by atoms with Crippen LogP contribution in [0.1, 0.15) is 27.0 Å². The van der Waals surface area contributed by atoms with Crippen LogP contribution in [0.2, 0.25) is 5.02 Å². The Balaban J connectivity index is 1.51. The molecule has 0 spiro atoms. The zero-order valence-corrected chi connectivity index (χ0v) is 21.0. The Morgan fingerprint density at radius 2 is 1.68 bits per heavy atom. The molecule has 1 aromatic heterocycles. The second kappa shape index (κ2) is 10.1. The number of nitrogens with zero attached hydrogens (tertiary/aromatic N) is 4. The van der Waals surface area contributed by atoms with Crippen LogP contribution in [0.4, 0.5) is 10.1 Å². The fourth-order valence-corrected chi connectivity index (χ4v) is 4.95. The van der Waals surface area contributed by atoms with E-state index in [1.165, 1.54) is 12.1 Å². The molecule has 1 aliphatic rings. The SMILES string of the molecule is Cc1ccc2c(c1)c(N1CCN(C(=O)c3ccc(Cl)cc3)CC1)c(C#N)c(=O)n2Cc1ccc(F)cc1. The summed E-state index contributed by atoms with van der Waals surface area (Å²) in [7, 11) is 0. The van der Waals surface area contributed by atoms with Gasteiger partial charge in [-0.3, -0.25) is 9.59 Å². The van der Waals surface area contributed by atoms with Crippen LogP contribution >= 0.6 is 11.6 Å². The smallest absolute Gasteiger partial charge is 0.271 e. The van der Waals surface area contributed by atoms with Crippen molar-refractivity contribution in [3.63, 3.8) is 0 Å². The van der Waals surface area contributed by atoms with Gasteiger partial charge >= 0.3 is 0 Å². The lowest BCUT2D eigenvalue weighted by Gasteiger charge is -2.37. The molecule has 4 aromatic rings. The quantitative estimate of drug-likeness (QED) is 0.385. The van der Waals surface area contributed by atoms with Gasteiger partial charge in [0, 0.05) is 42.2 Å². The van der Waals surface area contributed by atoms with Gasteiger partial charge in [0.05, 0.1) is 17.7 Å². The molecule has 0 radical (unpaired) electrons. The predicted octanol–water partition coefficient (Wildman–Crippen LogP) is 4.98. The number of fused-ring (bicyclic) bond motifs is 1. The van der Waals surface area contributed by atoms with Crippen LogP contribution in [0.5, 0.6) is 0 Å². The first-order chi connectivity index (χ1) is 17.9. The molecule has 0 bridgehead atoms. The van der Waals surface area contributed by atoms with E-state index in [0.717, 1.165) is 16.5 Å². The molecule has 1 amide bonds. The first-order valence-corrected chi connectivity index (χ1v) is 12.3. The number of amides is 1. The van der Waals surface area contributed by atoms with Crippen molar-refractivity contribution in [2.45, 2.75) is 13.5 Å². The molecule has 1 saturated heterocycles. The number of pyridine rings is 1. The molecular weight excluding hydrogens is 491 g/mol. The van der Waals surface area contributed by atoms with Gasteiger partial charge in [-0.15, -0.1) is 0 Å². The van der Waals surface area contributed by atoms with Crippen molar-refractivity contribution in [2.75, 3.05) is 31.1 Å². The van der Waals surface area contributed by atoms with E-state index in [2.05, 4.69) is 6.07 Å². The Morgan fingerprint density at radius 3 is 2.32 bits per heavy atom. The summed E-state index contributed by atoms with van der Waals surface area (Å²) in [6, 6.07) is 20.8. The summed E-state index contributed by atoms with van der Waals surface area (Å²) in [4.78, 5) is 30.3. The van der Waals surface area contributed by atoms with E-state index in [0.29, 0.717) is 48.0 Å². The predicted molar refractivity (Wildman–Crippen MR) is 143 cm³/mol. The fourth-order valence-electron chi connectivity index (χ4n) is 4.82. The molecule has 0 N–H and O–H groups in total. The highest BCUT2D eigenvalue weighted by Crippen LogP contribution is 2.31. The zero-order valence-electron chi connectivity index (χ0n) is 20.2. The van der Waals surface area contributed by atoms with Crippen molar-refractivity contribution in [1.82, 2.24) is 9.47 Å². The Bertz CT molecular complexity index is 1580. The molecule has 0 unspecified atom stereocenters. The van der Waals surface area contributed by atoms with E-state index < -0.39 is 5.56 Å². The maximum absolute atomic E-state index is 13.6. The number of hydrogen-bond donors (Lipinski definition) is 0. The van der Waals surface area contributed by atoms with Crippen molar-refractivity contribution in [3.05, 3.63) is 110 Å². The van der Waals surface area contributed by atoms with E-state index in [4.69, 9.17) is 11.6 Å². The van der Waals surface area contributed by atoms with Gasteiger partial charge in [-0.05, 0) is 61.0 Å². The number of rotatable bonds is 4. The van der Waals surface area contributed by atoms with Crippen molar-refractivity contribution in [3.8, 4) is 6.07 Å². The minimum absolute atomic E-state index is 0.0673. The van der Waals surface area contributed by atoms with Gasteiger partial charge in [-0.1, -0.05) is 35.4 Å². The average molecular weight is 515 g/mol. The average Bonchev–Trinajstić information content (AvgIpc) is 2.91. The molecule has 1 aliphatic heterocycles. The number of anilines is 1. The van der Waals surface area contributed by atoms with Crippen LogP contribution < -0.4 is 10.5 Å². The Hall–Kier alpha value is -4.15. The van der Waals surface area contributed by atoms with Crippen LogP contribution in [0, 0.1) is 24.1 Å². The molecular formula is C29H24ClFN4O2. The van der Waals surface area contributed by atoms with Gasteiger partial charge in [0.15, 0.2) is 0 Å². The van der Waals surface area contributed by atoms with Crippen molar-refractivity contribution >= 4 is 34.1 Å². The number of carbonyl (C=O) groups excluding carboxylic acids is 1. The van der Waals surface area contributed by atoms with Crippen LogP contribution in [0.3, 0.4) is 0 Å². The first kappa shape index (κ1) is 24.5. The van der Waals surface area contributed by atoms with Gasteiger partial charge < -0.3 is 14.4 Å². The van der Waals surface area contributed by atoms with Crippen LogP contribution in [-0.4, -0.2) is 41.6 Å². The van der Waals surface area contributed by atoms with Gasteiger partial charge in [-0.25, -0.2) is 4.39 Å². The van der Waals surface area contributed by atoms with E-state index in [1.807, 2.05) is 30.0 Å². The normalized spacial score (nSPS) is 13.6. The van der Waals surface area contributed by atoms with E-state index in [-0.39, 0.29) is 23.8 Å². The number of benzene rings is 3. The summed E-state index contributed by atoms with van der Waals surface area (Å²) in [6.45, 7) is 4.07. The summed E-state index contributed by atoms with van der Waals surface area (Å²) in [5.41, 5.74) is 3.31. The molecule has 6 nitrogen and oxygen atoms in total. The monoisotopic (exact) mass is 514 g/mol. The van der Waals surface area contributed by atoms with Crippen LogP contribution in [-0.2, 0) is 6.54 Å². The highest BCUT2D eigenvalue weighted by molar-refractivity contribution is 6.30. The van der Waals surface area contributed by atoms with Gasteiger partial charge in [-0.2, -0.15) is 5.26 Å². The molecule has 186 valence electrons. The molecule has 3 aromatic carbocycles. The second-order valence-corrected chi connectivity index (χ2v) is 9.60. The maximum atomic E-state index is 13.6. The summed E-state index contributed by atoms with van der Waals surface area (Å²) in [6.07, 6.45) is 0. The Kier molecular flexibility index (Phi) is 6.68. The summed E-state index contributed by atoms with van der Waals surface area (Å²) >= 11 is 5.95. The highest BCUT2D eigenvalue weighted by atomic mass is 35.5. The molecule has 1 fully saturated rings. The third-order valence-electron chi connectivity index (χ3n) is 6.73. The number of piperazine rings is 1. The van der Waals surface area contributed by atoms with Crippen LogP contribution in [0.15, 0.2) is 71.5 Å². The van der Waals surface area contributed by atoms with Gasteiger partial charge in [0.1, 0.15) is 17.4 Å². The molecule has 37 heavy (non-hydrogen) atoms. The van der Waals surface area contributed by atoms with Crippen LogP contribution in [0.25, 0.3) is 10.9 Å². The maximum Gasteiger partial charge on any atom is 0.271 e. The second-order valence-electron chi connectivity index (χ2n) is 9.16. The molecule has 0 atom stereocenters. The lowest BCUT2D eigenvalue weighted by Crippen LogP contribution is -2.49. The Morgan fingerprint density at radius 1 is 1.00 bits per heavy atom. The highest BCUT2D eigenvalue weighted by Gasteiger charge is 2.27. The lowest BCUT2D eigenvalue weighted by molar-refractivity contribution is 0.0747. The number of hydrogen-bond acceptors (Lipinski definition) is 4. The van der Waals surface area contributed by atoms with E-state index in [9.17, 15) is 19.2 Å². The summed E-state index contributed by atoms with van der Waals surface area (Å²) in [5.74, 6) is -0.425.